The van der Waals surface area contributed by atoms with Crippen molar-refractivity contribution in [3.8, 4) is 0 Å². The minimum Gasteiger partial charge on any atom is -0.397 e. The lowest BCUT2D eigenvalue weighted by atomic mass is 10.2. The van der Waals surface area contributed by atoms with Crippen molar-refractivity contribution in [1.82, 2.24) is 15.6 Å². The van der Waals surface area contributed by atoms with Crippen LogP contribution in [-0.4, -0.2) is 37.7 Å². The quantitative estimate of drug-likeness (QED) is 0.728. The molecule has 4 N–H and O–H groups in total. The maximum atomic E-state index is 6.08. The summed E-state index contributed by atoms with van der Waals surface area (Å²) in [6, 6.07) is 4.55. The summed E-state index contributed by atoms with van der Waals surface area (Å²) >= 11 is 0. The van der Waals surface area contributed by atoms with E-state index in [9.17, 15) is 0 Å². The molecule has 0 amide bonds. The summed E-state index contributed by atoms with van der Waals surface area (Å²) in [6.07, 6.45) is 5.14. The van der Waals surface area contributed by atoms with Crippen molar-refractivity contribution in [2.24, 2.45) is 17.6 Å². The van der Waals surface area contributed by atoms with Gasteiger partial charge in [0.25, 0.3) is 0 Å². The van der Waals surface area contributed by atoms with Crippen molar-refractivity contribution in [3.05, 3.63) is 30.1 Å². The molecule has 1 aliphatic heterocycles. The van der Waals surface area contributed by atoms with Gasteiger partial charge in [-0.15, -0.1) is 0 Å². The normalized spacial score (nSPS) is 25.6. The summed E-state index contributed by atoms with van der Waals surface area (Å²) in [5.74, 6) is 2.93. The number of hydrogen-bond donors (Lipinski definition) is 3. The molecule has 1 saturated heterocycles. The monoisotopic (exact) mass is 287 g/mol. The molecule has 0 aromatic carbocycles. The molecule has 2 heterocycles. The van der Waals surface area contributed by atoms with E-state index >= 15 is 0 Å². The van der Waals surface area contributed by atoms with Gasteiger partial charge in [-0.2, -0.15) is 0 Å². The molecule has 0 spiro atoms. The molecule has 1 aliphatic carbocycles. The Hall–Kier alpha value is -1.75. The van der Waals surface area contributed by atoms with Crippen LogP contribution in [0.3, 0.4) is 0 Å². The van der Waals surface area contributed by atoms with E-state index in [0.717, 1.165) is 35.5 Å². The summed E-state index contributed by atoms with van der Waals surface area (Å²) in [5.41, 5.74) is 7.77. The lowest BCUT2D eigenvalue weighted by molar-refractivity contribution is 0.585. The van der Waals surface area contributed by atoms with E-state index in [1.807, 2.05) is 19.4 Å². The van der Waals surface area contributed by atoms with Crippen LogP contribution < -0.4 is 21.3 Å². The molecule has 0 radical (unpaired) electrons. The van der Waals surface area contributed by atoms with Crippen LogP contribution in [0.4, 0.5) is 5.82 Å². The van der Waals surface area contributed by atoms with Gasteiger partial charge in [0.1, 0.15) is 5.82 Å². The van der Waals surface area contributed by atoms with Crippen molar-refractivity contribution in [2.75, 3.05) is 31.6 Å². The standard InChI is InChI=1S/C16H25N5/c1-11(18-2)6-19-8-15(17)12-3-4-16(20-7-12)21-9-13-5-14(13)10-21/h3-4,7-8,11,13-14,18-19H,5-6,9-10,17H2,1-2H3/b15-8-. The Morgan fingerprint density at radius 3 is 2.86 bits per heavy atom. The fourth-order valence-electron chi connectivity index (χ4n) is 2.86. The van der Waals surface area contributed by atoms with Crippen LogP contribution in [0.15, 0.2) is 24.5 Å². The molecule has 2 fully saturated rings. The van der Waals surface area contributed by atoms with Crippen molar-refractivity contribution >= 4 is 11.5 Å². The van der Waals surface area contributed by atoms with Crippen LogP contribution in [-0.2, 0) is 0 Å². The number of likely N-dealkylation sites (N-methyl/N-ethyl adjacent to an activating group) is 1. The molecule has 1 aromatic heterocycles. The molecule has 0 bridgehead atoms. The molecule has 2 aliphatic rings. The van der Waals surface area contributed by atoms with Gasteiger partial charge in [-0.3, -0.25) is 0 Å². The fraction of sp³-hybridized carbons (Fsp3) is 0.562. The minimum absolute atomic E-state index is 0.413. The molecule has 114 valence electrons. The highest BCUT2D eigenvalue weighted by atomic mass is 15.2. The molecule has 5 heteroatoms. The first-order chi connectivity index (χ1) is 10.2. The van der Waals surface area contributed by atoms with E-state index < -0.39 is 0 Å². The van der Waals surface area contributed by atoms with Gasteiger partial charge in [-0.25, -0.2) is 4.98 Å². The highest BCUT2D eigenvalue weighted by Crippen LogP contribution is 2.45. The minimum atomic E-state index is 0.413. The third kappa shape index (κ3) is 3.29. The molecule has 3 rings (SSSR count). The Kier molecular flexibility index (Phi) is 4.01. The predicted octanol–water partition coefficient (Wildman–Crippen LogP) is 0.992. The van der Waals surface area contributed by atoms with E-state index in [1.165, 1.54) is 19.5 Å². The fourth-order valence-corrected chi connectivity index (χ4v) is 2.86. The molecular formula is C16H25N5. The smallest absolute Gasteiger partial charge is 0.128 e. The van der Waals surface area contributed by atoms with Crippen LogP contribution in [0, 0.1) is 11.8 Å². The predicted molar refractivity (Wildman–Crippen MR) is 86.7 cm³/mol. The van der Waals surface area contributed by atoms with Crippen LogP contribution in [0.5, 0.6) is 0 Å². The van der Waals surface area contributed by atoms with Crippen molar-refractivity contribution in [1.29, 1.82) is 0 Å². The summed E-state index contributed by atoms with van der Waals surface area (Å²) < 4.78 is 0. The molecule has 5 nitrogen and oxygen atoms in total. The summed E-state index contributed by atoms with van der Waals surface area (Å²) in [4.78, 5) is 6.95. The Morgan fingerprint density at radius 2 is 2.24 bits per heavy atom. The Labute approximate surface area is 126 Å². The number of hydrogen-bond acceptors (Lipinski definition) is 5. The van der Waals surface area contributed by atoms with Gasteiger partial charge >= 0.3 is 0 Å². The van der Waals surface area contributed by atoms with Gasteiger partial charge < -0.3 is 21.3 Å². The summed E-state index contributed by atoms with van der Waals surface area (Å²) in [5, 5.41) is 6.40. The van der Waals surface area contributed by atoms with Crippen LogP contribution >= 0.6 is 0 Å². The number of nitrogens with zero attached hydrogens (tertiary/aromatic N) is 2. The number of pyridine rings is 1. The maximum Gasteiger partial charge on any atom is 0.128 e. The topological polar surface area (TPSA) is 66.2 Å². The average Bonchev–Trinajstić information content (AvgIpc) is 3.13. The number of fused-ring (bicyclic) bond motifs is 1. The van der Waals surface area contributed by atoms with Crippen molar-refractivity contribution < 1.29 is 0 Å². The van der Waals surface area contributed by atoms with E-state index in [0.29, 0.717) is 6.04 Å². The van der Waals surface area contributed by atoms with Crippen LogP contribution in [0.1, 0.15) is 18.9 Å². The molecule has 1 saturated carbocycles. The third-order valence-electron chi connectivity index (χ3n) is 4.56. The van der Waals surface area contributed by atoms with Gasteiger partial charge in [-0.1, -0.05) is 0 Å². The zero-order chi connectivity index (χ0) is 14.8. The third-order valence-corrected chi connectivity index (χ3v) is 4.56. The number of rotatable bonds is 6. The van der Waals surface area contributed by atoms with Gasteiger partial charge in [-0.05, 0) is 44.4 Å². The lowest BCUT2D eigenvalue weighted by Crippen LogP contribution is -2.31. The van der Waals surface area contributed by atoms with E-state index in [4.69, 9.17) is 5.73 Å². The molecule has 3 unspecified atom stereocenters. The van der Waals surface area contributed by atoms with Gasteiger partial charge in [0.15, 0.2) is 0 Å². The molecule has 3 atom stereocenters. The number of nitrogens with two attached hydrogens (primary N) is 1. The van der Waals surface area contributed by atoms with E-state index in [2.05, 4.69) is 39.6 Å². The number of piperidine rings is 1. The second-order valence-electron chi connectivity index (χ2n) is 6.26. The van der Waals surface area contributed by atoms with Gasteiger partial charge in [0, 0.05) is 43.6 Å². The number of nitrogens with one attached hydrogen (secondary N) is 2. The SMILES string of the molecule is CNC(C)CN/C=C(\N)c1ccc(N2CC3CC3C2)nc1. The molecule has 21 heavy (non-hydrogen) atoms. The lowest BCUT2D eigenvalue weighted by Gasteiger charge is -2.19. The first kappa shape index (κ1) is 14.2. The van der Waals surface area contributed by atoms with Crippen molar-refractivity contribution in [2.45, 2.75) is 19.4 Å². The number of anilines is 1. The maximum absolute atomic E-state index is 6.08. The van der Waals surface area contributed by atoms with Crippen LogP contribution in [0.2, 0.25) is 0 Å². The Morgan fingerprint density at radius 1 is 1.48 bits per heavy atom. The van der Waals surface area contributed by atoms with Crippen molar-refractivity contribution in [3.63, 3.8) is 0 Å². The summed E-state index contributed by atoms with van der Waals surface area (Å²) in [6.45, 7) is 5.31. The zero-order valence-corrected chi connectivity index (χ0v) is 12.8. The van der Waals surface area contributed by atoms with Crippen LogP contribution in [0.25, 0.3) is 5.70 Å². The second-order valence-corrected chi connectivity index (χ2v) is 6.26. The highest BCUT2D eigenvalue weighted by molar-refractivity contribution is 5.62. The number of aromatic nitrogens is 1. The van der Waals surface area contributed by atoms with E-state index in [1.54, 1.807) is 0 Å². The average molecular weight is 287 g/mol. The highest BCUT2D eigenvalue weighted by Gasteiger charge is 2.45. The van der Waals surface area contributed by atoms with E-state index in [-0.39, 0.29) is 0 Å². The van der Waals surface area contributed by atoms with Gasteiger partial charge in [0.2, 0.25) is 0 Å². The summed E-state index contributed by atoms with van der Waals surface area (Å²) in [7, 11) is 1.95. The molecular weight excluding hydrogens is 262 g/mol. The zero-order valence-electron chi connectivity index (χ0n) is 12.8. The van der Waals surface area contributed by atoms with Gasteiger partial charge in [0.05, 0.1) is 5.70 Å². The molecule has 1 aromatic rings. The second kappa shape index (κ2) is 5.93. The first-order valence-electron chi connectivity index (χ1n) is 7.75. The Bertz CT molecular complexity index is 500. The first-order valence-corrected chi connectivity index (χ1v) is 7.75. The largest absolute Gasteiger partial charge is 0.397 e. The Balaban J connectivity index is 1.56.